The molecule has 1 aromatic heterocycles. The van der Waals surface area contributed by atoms with Crippen molar-refractivity contribution in [1.29, 1.82) is 0 Å². The number of nitrogens with zero attached hydrogens (tertiary/aromatic N) is 3. The first-order chi connectivity index (χ1) is 10.1. The maximum atomic E-state index is 12.5. The van der Waals surface area contributed by atoms with Crippen molar-refractivity contribution < 1.29 is 4.79 Å². The number of hydrogen-bond acceptors (Lipinski definition) is 5. The van der Waals surface area contributed by atoms with Crippen molar-refractivity contribution >= 4 is 11.7 Å². The molecule has 2 fully saturated rings. The molecule has 1 saturated carbocycles. The van der Waals surface area contributed by atoms with Crippen molar-refractivity contribution in [3.63, 3.8) is 0 Å². The number of rotatable bonds is 4. The summed E-state index contributed by atoms with van der Waals surface area (Å²) in [5.74, 6) is 1.72. The van der Waals surface area contributed by atoms with Gasteiger partial charge in [0, 0.05) is 25.3 Å². The van der Waals surface area contributed by atoms with E-state index in [0.717, 1.165) is 38.4 Å². The van der Waals surface area contributed by atoms with E-state index >= 15 is 0 Å². The van der Waals surface area contributed by atoms with Crippen molar-refractivity contribution in [3.8, 4) is 0 Å². The van der Waals surface area contributed by atoms with E-state index in [-0.39, 0.29) is 11.7 Å². The van der Waals surface area contributed by atoms with Crippen LogP contribution in [0.2, 0.25) is 0 Å². The Morgan fingerprint density at radius 1 is 1.38 bits per heavy atom. The zero-order chi connectivity index (χ0) is 14.8. The highest BCUT2D eigenvalue weighted by atomic mass is 16.2. The van der Waals surface area contributed by atoms with E-state index in [1.54, 1.807) is 6.92 Å². The van der Waals surface area contributed by atoms with Gasteiger partial charge in [0.15, 0.2) is 0 Å². The van der Waals surface area contributed by atoms with Crippen LogP contribution in [0.5, 0.6) is 0 Å². The number of nitrogens with one attached hydrogen (secondary N) is 1. The molecular weight excluding hydrogens is 266 g/mol. The Morgan fingerprint density at radius 3 is 2.71 bits per heavy atom. The van der Waals surface area contributed by atoms with E-state index in [1.165, 1.54) is 19.0 Å². The zero-order valence-corrected chi connectivity index (χ0v) is 12.5. The van der Waals surface area contributed by atoms with Crippen molar-refractivity contribution in [2.24, 2.45) is 5.92 Å². The van der Waals surface area contributed by atoms with Gasteiger partial charge in [0.2, 0.25) is 0 Å². The van der Waals surface area contributed by atoms with Crippen molar-refractivity contribution in [2.45, 2.75) is 38.6 Å². The number of anilines is 1. The second-order valence-corrected chi connectivity index (χ2v) is 6.13. The standard InChI is InChI=1S/C15H23N5O/c1-10-17-9-13(14(16)19-10)15(21)20-6-4-12(5-7-20)18-8-11-2-3-11/h9,11-12,18H,2-8H2,1H3,(H2,16,17,19). The smallest absolute Gasteiger partial charge is 0.259 e. The van der Waals surface area contributed by atoms with Crippen molar-refractivity contribution in [3.05, 3.63) is 17.6 Å². The van der Waals surface area contributed by atoms with Crippen LogP contribution in [0, 0.1) is 12.8 Å². The largest absolute Gasteiger partial charge is 0.383 e. The Kier molecular flexibility index (Phi) is 4.05. The van der Waals surface area contributed by atoms with E-state index in [0.29, 0.717) is 17.4 Å². The second-order valence-electron chi connectivity index (χ2n) is 6.13. The number of carbonyl (C=O) groups is 1. The van der Waals surface area contributed by atoms with Crippen molar-refractivity contribution in [1.82, 2.24) is 20.2 Å². The Balaban J connectivity index is 1.54. The molecule has 0 atom stereocenters. The third-order valence-corrected chi connectivity index (χ3v) is 4.34. The SMILES string of the molecule is Cc1ncc(C(=O)N2CCC(NCC3CC3)CC2)c(N)n1. The third-order valence-electron chi connectivity index (χ3n) is 4.34. The summed E-state index contributed by atoms with van der Waals surface area (Å²) < 4.78 is 0. The van der Waals surface area contributed by atoms with E-state index in [2.05, 4.69) is 15.3 Å². The predicted molar refractivity (Wildman–Crippen MR) is 80.8 cm³/mol. The molecule has 1 saturated heterocycles. The van der Waals surface area contributed by atoms with Crippen molar-refractivity contribution in [2.75, 3.05) is 25.4 Å². The Morgan fingerprint density at radius 2 is 2.10 bits per heavy atom. The van der Waals surface area contributed by atoms with Gasteiger partial charge in [-0.15, -0.1) is 0 Å². The highest BCUT2D eigenvalue weighted by molar-refractivity contribution is 5.98. The van der Waals surface area contributed by atoms with Crippen LogP contribution >= 0.6 is 0 Å². The first-order valence-electron chi connectivity index (χ1n) is 7.75. The number of aryl methyl sites for hydroxylation is 1. The van der Waals surface area contributed by atoms with Gasteiger partial charge in [0.05, 0.1) is 0 Å². The summed E-state index contributed by atoms with van der Waals surface area (Å²) in [6.45, 7) is 4.45. The summed E-state index contributed by atoms with van der Waals surface area (Å²) >= 11 is 0. The van der Waals surface area contributed by atoms with E-state index in [1.807, 2.05) is 4.90 Å². The van der Waals surface area contributed by atoms with Gasteiger partial charge in [-0.2, -0.15) is 0 Å². The Bertz CT molecular complexity index is 521. The maximum Gasteiger partial charge on any atom is 0.259 e. The van der Waals surface area contributed by atoms with E-state index < -0.39 is 0 Å². The minimum Gasteiger partial charge on any atom is -0.383 e. The Labute approximate surface area is 125 Å². The van der Waals surface area contributed by atoms with E-state index in [4.69, 9.17) is 5.73 Å². The van der Waals surface area contributed by atoms with Crippen LogP contribution in [-0.2, 0) is 0 Å². The van der Waals surface area contributed by atoms with Crippen LogP contribution in [0.1, 0.15) is 41.9 Å². The molecule has 0 aromatic carbocycles. The van der Waals surface area contributed by atoms with Crippen LogP contribution in [0.15, 0.2) is 6.20 Å². The molecule has 1 aromatic rings. The van der Waals surface area contributed by atoms with Gasteiger partial charge in [-0.05, 0) is 45.1 Å². The molecule has 6 heteroatoms. The minimum absolute atomic E-state index is 0.0480. The highest BCUT2D eigenvalue weighted by Gasteiger charge is 2.27. The summed E-state index contributed by atoms with van der Waals surface area (Å²) in [5.41, 5.74) is 6.25. The fraction of sp³-hybridized carbons (Fsp3) is 0.667. The molecule has 114 valence electrons. The summed E-state index contributed by atoms with van der Waals surface area (Å²) in [6, 6.07) is 0.543. The lowest BCUT2D eigenvalue weighted by Crippen LogP contribution is -2.45. The molecule has 2 aliphatic rings. The van der Waals surface area contributed by atoms with Gasteiger partial charge in [0.1, 0.15) is 17.2 Å². The number of piperidine rings is 1. The third kappa shape index (κ3) is 3.50. The van der Waals surface area contributed by atoms with Gasteiger partial charge in [-0.25, -0.2) is 9.97 Å². The second kappa shape index (κ2) is 5.97. The zero-order valence-electron chi connectivity index (χ0n) is 12.5. The number of carbonyl (C=O) groups excluding carboxylic acids is 1. The molecular formula is C15H23N5O. The van der Waals surface area contributed by atoms with Gasteiger partial charge in [0.25, 0.3) is 5.91 Å². The molecule has 0 unspecified atom stereocenters. The fourth-order valence-electron chi connectivity index (χ4n) is 2.76. The van der Waals surface area contributed by atoms with E-state index in [9.17, 15) is 4.79 Å². The van der Waals surface area contributed by atoms with Crippen LogP contribution in [0.25, 0.3) is 0 Å². The normalized spacial score (nSPS) is 19.8. The summed E-state index contributed by atoms with van der Waals surface area (Å²) in [7, 11) is 0. The molecule has 1 aliphatic carbocycles. The van der Waals surface area contributed by atoms with Gasteiger partial charge >= 0.3 is 0 Å². The average molecular weight is 289 g/mol. The van der Waals surface area contributed by atoms with Crippen LogP contribution in [0.3, 0.4) is 0 Å². The lowest BCUT2D eigenvalue weighted by Gasteiger charge is -2.32. The molecule has 1 aliphatic heterocycles. The number of amides is 1. The van der Waals surface area contributed by atoms with Gasteiger partial charge in [-0.1, -0.05) is 0 Å². The quantitative estimate of drug-likeness (QED) is 0.863. The van der Waals surface area contributed by atoms with Gasteiger partial charge in [-0.3, -0.25) is 4.79 Å². The maximum absolute atomic E-state index is 12.5. The molecule has 0 spiro atoms. The number of nitrogen functional groups attached to an aromatic ring is 1. The number of nitrogens with two attached hydrogens (primary N) is 1. The van der Waals surface area contributed by atoms with Crippen LogP contribution in [-0.4, -0.2) is 46.5 Å². The lowest BCUT2D eigenvalue weighted by atomic mass is 10.0. The topological polar surface area (TPSA) is 84.1 Å². The molecule has 2 heterocycles. The fourth-order valence-corrected chi connectivity index (χ4v) is 2.76. The van der Waals surface area contributed by atoms with Crippen LogP contribution in [0.4, 0.5) is 5.82 Å². The predicted octanol–water partition coefficient (Wildman–Crippen LogP) is 0.971. The summed E-state index contributed by atoms with van der Waals surface area (Å²) in [4.78, 5) is 22.5. The molecule has 0 bridgehead atoms. The monoisotopic (exact) mass is 289 g/mol. The first kappa shape index (κ1) is 14.3. The molecule has 1 amide bonds. The molecule has 21 heavy (non-hydrogen) atoms. The number of hydrogen-bond donors (Lipinski definition) is 2. The lowest BCUT2D eigenvalue weighted by molar-refractivity contribution is 0.0705. The Hall–Kier alpha value is -1.69. The molecule has 0 radical (unpaired) electrons. The molecule has 3 rings (SSSR count). The average Bonchev–Trinajstić information content (AvgIpc) is 3.29. The highest BCUT2D eigenvalue weighted by Crippen LogP contribution is 2.28. The molecule has 6 nitrogen and oxygen atoms in total. The number of aromatic nitrogens is 2. The van der Waals surface area contributed by atoms with Gasteiger partial charge < -0.3 is 16.0 Å². The number of likely N-dealkylation sites (tertiary alicyclic amines) is 1. The minimum atomic E-state index is -0.0480. The van der Waals surface area contributed by atoms with Crippen LogP contribution < -0.4 is 11.1 Å². The molecule has 3 N–H and O–H groups in total. The first-order valence-corrected chi connectivity index (χ1v) is 7.75. The summed E-state index contributed by atoms with van der Waals surface area (Å²) in [6.07, 6.45) is 6.29. The summed E-state index contributed by atoms with van der Waals surface area (Å²) in [5, 5.41) is 3.61.